The third-order valence-corrected chi connectivity index (χ3v) is 3.45. The molecule has 0 unspecified atom stereocenters. The lowest BCUT2D eigenvalue weighted by Gasteiger charge is -2.01. The Morgan fingerprint density at radius 3 is 2.21 bits per heavy atom. The van der Waals surface area contributed by atoms with E-state index in [0.29, 0.717) is 11.8 Å². The lowest BCUT2D eigenvalue weighted by atomic mass is 10.2. The minimum absolute atomic E-state index is 0.122. The number of benzene rings is 1. The Bertz CT molecular complexity index is 405. The maximum Gasteiger partial charge on any atom is 0.180 e. The molecular formula is C9H10O4S. The van der Waals surface area contributed by atoms with Crippen LogP contribution in [-0.4, -0.2) is 32.2 Å². The van der Waals surface area contributed by atoms with Crippen LogP contribution in [0, 0.1) is 0 Å². The van der Waals surface area contributed by atoms with Crippen molar-refractivity contribution in [1.82, 2.24) is 0 Å². The van der Waals surface area contributed by atoms with Gasteiger partial charge in [-0.15, -0.1) is 0 Å². The maximum atomic E-state index is 11.4. The second kappa shape index (κ2) is 4.34. The van der Waals surface area contributed by atoms with Crippen LogP contribution in [0.3, 0.4) is 0 Å². The van der Waals surface area contributed by atoms with Gasteiger partial charge in [0.15, 0.2) is 9.84 Å². The quantitative estimate of drug-likeness (QED) is 0.730. The first-order chi connectivity index (χ1) is 6.60. The minimum Gasteiger partial charge on any atom is -0.395 e. The molecule has 1 N–H and O–H groups in total. The van der Waals surface area contributed by atoms with E-state index in [1.807, 2.05) is 0 Å². The van der Waals surface area contributed by atoms with Gasteiger partial charge in [0.2, 0.25) is 0 Å². The summed E-state index contributed by atoms with van der Waals surface area (Å²) >= 11 is 0. The number of aliphatic hydroxyl groups excluding tert-OH is 1. The molecule has 1 rings (SSSR count). The molecule has 0 amide bonds. The number of hydrogen-bond donors (Lipinski definition) is 1. The summed E-state index contributed by atoms with van der Waals surface area (Å²) in [6, 6.07) is 5.57. The first-order valence-electron chi connectivity index (χ1n) is 3.99. The van der Waals surface area contributed by atoms with Crippen LogP contribution in [0.5, 0.6) is 0 Å². The zero-order chi connectivity index (χ0) is 10.6. The number of rotatable bonds is 4. The number of aliphatic hydroxyl groups is 1. The van der Waals surface area contributed by atoms with Gasteiger partial charge in [-0.2, -0.15) is 0 Å². The SMILES string of the molecule is O=Cc1ccc(S(=O)(=O)CCO)cc1. The summed E-state index contributed by atoms with van der Waals surface area (Å²) in [5, 5.41) is 8.53. The fourth-order valence-electron chi connectivity index (χ4n) is 0.992. The normalized spacial score (nSPS) is 11.2. The summed E-state index contributed by atoms with van der Waals surface area (Å²) in [6.45, 7) is -0.405. The number of carbonyl (C=O) groups is 1. The Hall–Kier alpha value is -1.20. The molecule has 1 aromatic rings. The van der Waals surface area contributed by atoms with Crippen molar-refractivity contribution in [3.63, 3.8) is 0 Å². The Balaban J connectivity index is 3.03. The molecule has 0 aliphatic rings. The van der Waals surface area contributed by atoms with Crippen LogP contribution in [0.15, 0.2) is 29.2 Å². The fraction of sp³-hybridized carbons (Fsp3) is 0.222. The molecule has 0 atom stereocenters. The number of hydrogen-bond acceptors (Lipinski definition) is 4. The van der Waals surface area contributed by atoms with Gasteiger partial charge in [-0.1, -0.05) is 12.1 Å². The van der Waals surface area contributed by atoms with Gasteiger partial charge in [-0.05, 0) is 12.1 Å². The highest BCUT2D eigenvalue weighted by atomic mass is 32.2. The summed E-state index contributed by atoms with van der Waals surface area (Å²) in [4.78, 5) is 10.4. The third kappa shape index (κ3) is 2.40. The highest BCUT2D eigenvalue weighted by molar-refractivity contribution is 7.91. The molecule has 5 heteroatoms. The average Bonchev–Trinajstić information content (AvgIpc) is 2.18. The van der Waals surface area contributed by atoms with Crippen LogP contribution in [0.4, 0.5) is 0 Å². The van der Waals surface area contributed by atoms with Crippen LogP contribution >= 0.6 is 0 Å². The molecule has 4 nitrogen and oxygen atoms in total. The maximum absolute atomic E-state index is 11.4. The van der Waals surface area contributed by atoms with Gasteiger partial charge < -0.3 is 5.11 Å². The number of aldehydes is 1. The fourth-order valence-corrected chi connectivity index (χ4v) is 2.02. The van der Waals surface area contributed by atoms with Crippen molar-refractivity contribution in [2.75, 3.05) is 12.4 Å². The second-order valence-corrected chi connectivity index (χ2v) is 4.84. The van der Waals surface area contributed by atoms with Gasteiger partial charge in [-0.25, -0.2) is 8.42 Å². The van der Waals surface area contributed by atoms with Crippen molar-refractivity contribution in [2.45, 2.75) is 4.90 Å². The van der Waals surface area contributed by atoms with Crippen LogP contribution in [0.25, 0.3) is 0 Å². The molecule has 0 saturated heterocycles. The Morgan fingerprint density at radius 2 is 1.79 bits per heavy atom. The molecule has 14 heavy (non-hydrogen) atoms. The molecule has 0 bridgehead atoms. The molecule has 0 aliphatic carbocycles. The third-order valence-electron chi connectivity index (χ3n) is 1.74. The van der Waals surface area contributed by atoms with Crippen molar-refractivity contribution < 1.29 is 18.3 Å². The summed E-state index contributed by atoms with van der Waals surface area (Å²) in [5.74, 6) is -0.298. The summed E-state index contributed by atoms with van der Waals surface area (Å²) in [5.41, 5.74) is 0.424. The largest absolute Gasteiger partial charge is 0.395 e. The molecule has 0 spiro atoms. The van der Waals surface area contributed by atoms with Crippen LogP contribution < -0.4 is 0 Å². The molecular weight excluding hydrogens is 204 g/mol. The summed E-state index contributed by atoms with van der Waals surface area (Å²) in [7, 11) is -3.40. The Morgan fingerprint density at radius 1 is 1.21 bits per heavy atom. The standard InChI is InChI=1S/C9H10O4S/c10-5-6-14(12,13)9-3-1-8(7-11)2-4-9/h1-4,7,10H,5-6H2. The van der Waals surface area contributed by atoms with Crippen molar-refractivity contribution in [3.8, 4) is 0 Å². The molecule has 76 valence electrons. The zero-order valence-electron chi connectivity index (χ0n) is 7.38. The van der Waals surface area contributed by atoms with E-state index >= 15 is 0 Å². The minimum atomic E-state index is -3.40. The molecule has 1 aromatic carbocycles. The van der Waals surface area contributed by atoms with E-state index in [2.05, 4.69) is 0 Å². The highest BCUT2D eigenvalue weighted by Gasteiger charge is 2.12. The van der Waals surface area contributed by atoms with Gasteiger partial charge in [0.05, 0.1) is 17.3 Å². The zero-order valence-corrected chi connectivity index (χ0v) is 8.20. The van der Waals surface area contributed by atoms with E-state index in [1.165, 1.54) is 24.3 Å². The van der Waals surface area contributed by atoms with Gasteiger partial charge in [-0.3, -0.25) is 4.79 Å². The van der Waals surface area contributed by atoms with E-state index in [4.69, 9.17) is 5.11 Å². The van der Waals surface area contributed by atoms with E-state index in [1.54, 1.807) is 0 Å². The summed E-state index contributed by atoms with van der Waals surface area (Å²) in [6.07, 6.45) is 0.641. The van der Waals surface area contributed by atoms with Gasteiger partial charge in [0, 0.05) is 5.56 Å². The van der Waals surface area contributed by atoms with Crippen molar-refractivity contribution in [2.24, 2.45) is 0 Å². The van der Waals surface area contributed by atoms with E-state index in [9.17, 15) is 13.2 Å². The average molecular weight is 214 g/mol. The topological polar surface area (TPSA) is 71.4 Å². The monoisotopic (exact) mass is 214 g/mol. The first kappa shape index (κ1) is 10.9. The molecule has 0 saturated carbocycles. The predicted molar refractivity (Wildman–Crippen MR) is 51.0 cm³/mol. The first-order valence-corrected chi connectivity index (χ1v) is 5.64. The number of carbonyl (C=O) groups excluding carboxylic acids is 1. The Kier molecular flexibility index (Phi) is 3.38. The van der Waals surface area contributed by atoms with E-state index in [-0.39, 0.29) is 10.6 Å². The van der Waals surface area contributed by atoms with Crippen LogP contribution in [-0.2, 0) is 9.84 Å². The van der Waals surface area contributed by atoms with Gasteiger partial charge in [0.1, 0.15) is 6.29 Å². The number of sulfone groups is 1. The lowest BCUT2D eigenvalue weighted by Crippen LogP contribution is -2.09. The predicted octanol–water partition coefficient (Wildman–Crippen LogP) is 0.265. The molecule has 0 aliphatic heterocycles. The molecule has 0 heterocycles. The van der Waals surface area contributed by atoms with Crippen LogP contribution in [0.2, 0.25) is 0 Å². The second-order valence-electron chi connectivity index (χ2n) is 2.73. The lowest BCUT2D eigenvalue weighted by molar-refractivity contribution is 0.112. The van der Waals surface area contributed by atoms with E-state index < -0.39 is 16.4 Å². The van der Waals surface area contributed by atoms with Crippen molar-refractivity contribution >= 4 is 16.1 Å². The highest BCUT2D eigenvalue weighted by Crippen LogP contribution is 2.11. The molecule has 0 aromatic heterocycles. The molecule has 0 radical (unpaired) electrons. The Labute approximate surface area is 82.1 Å². The van der Waals surface area contributed by atoms with Crippen molar-refractivity contribution in [3.05, 3.63) is 29.8 Å². The smallest absolute Gasteiger partial charge is 0.180 e. The van der Waals surface area contributed by atoms with Crippen molar-refractivity contribution in [1.29, 1.82) is 0 Å². The molecule has 0 fully saturated rings. The van der Waals surface area contributed by atoms with Gasteiger partial charge >= 0.3 is 0 Å². The van der Waals surface area contributed by atoms with Crippen LogP contribution in [0.1, 0.15) is 10.4 Å². The van der Waals surface area contributed by atoms with Gasteiger partial charge in [0.25, 0.3) is 0 Å². The summed E-state index contributed by atoms with van der Waals surface area (Å²) < 4.78 is 22.8. The van der Waals surface area contributed by atoms with E-state index in [0.717, 1.165) is 0 Å².